The average Bonchev–Trinajstić information content (AvgIpc) is 2.85. The van der Waals surface area contributed by atoms with Crippen molar-refractivity contribution in [3.63, 3.8) is 0 Å². The van der Waals surface area contributed by atoms with Gasteiger partial charge in [-0.05, 0) is 50.1 Å². The maximum absolute atomic E-state index is 9.51. The first kappa shape index (κ1) is 16.0. The quantitative estimate of drug-likeness (QED) is 0.884. The second kappa shape index (κ2) is 6.72. The molecule has 1 saturated heterocycles. The van der Waals surface area contributed by atoms with E-state index in [-0.39, 0.29) is 6.61 Å². The number of aryl methyl sites for hydroxylation is 1. The van der Waals surface area contributed by atoms with Crippen LogP contribution in [0.25, 0.3) is 0 Å². The van der Waals surface area contributed by atoms with Crippen molar-refractivity contribution in [1.29, 1.82) is 0 Å². The van der Waals surface area contributed by atoms with Crippen LogP contribution >= 0.6 is 23.5 Å². The Labute approximate surface area is 140 Å². The molecule has 1 aromatic heterocycles. The lowest BCUT2D eigenvalue weighted by Crippen LogP contribution is -2.46. The van der Waals surface area contributed by atoms with Crippen molar-refractivity contribution in [1.82, 2.24) is 15.1 Å². The Balaban J connectivity index is 2.00. The van der Waals surface area contributed by atoms with E-state index in [0.717, 1.165) is 5.69 Å². The van der Waals surface area contributed by atoms with Crippen LogP contribution in [0.1, 0.15) is 34.4 Å². The summed E-state index contributed by atoms with van der Waals surface area (Å²) in [6.45, 7) is 4.37. The van der Waals surface area contributed by atoms with E-state index in [9.17, 15) is 5.11 Å². The fourth-order valence-electron chi connectivity index (χ4n) is 3.11. The van der Waals surface area contributed by atoms with Crippen LogP contribution in [-0.2, 0) is 5.66 Å². The fourth-order valence-corrected chi connectivity index (χ4v) is 6.32. The number of hydrogen-bond donors (Lipinski definition) is 2. The summed E-state index contributed by atoms with van der Waals surface area (Å²) in [5.74, 6) is 2.45. The molecular formula is C16H23N3OS2. The number of dihydropyridines is 1. The van der Waals surface area contributed by atoms with Gasteiger partial charge in [0.15, 0.2) is 5.66 Å². The van der Waals surface area contributed by atoms with Gasteiger partial charge in [0, 0.05) is 24.3 Å². The minimum Gasteiger partial charge on any atom is -0.396 e. The van der Waals surface area contributed by atoms with Crippen molar-refractivity contribution in [2.24, 2.45) is 0 Å². The van der Waals surface area contributed by atoms with Crippen LogP contribution in [0.2, 0.25) is 0 Å². The van der Waals surface area contributed by atoms with E-state index in [1.165, 1.54) is 29.2 Å². The molecule has 0 aromatic carbocycles. The van der Waals surface area contributed by atoms with Crippen molar-refractivity contribution in [3.8, 4) is 0 Å². The molecule has 1 atom stereocenters. The molecule has 2 aliphatic heterocycles. The van der Waals surface area contributed by atoms with E-state index in [0.29, 0.717) is 11.0 Å². The molecule has 2 aliphatic rings. The first-order valence-corrected chi connectivity index (χ1v) is 9.80. The lowest BCUT2D eigenvalue weighted by atomic mass is 10.0. The van der Waals surface area contributed by atoms with Gasteiger partial charge in [0.25, 0.3) is 0 Å². The Hall–Kier alpha value is -0.850. The third-order valence-corrected chi connectivity index (χ3v) is 7.14. The van der Waals surface area contributed by atoms with Gasteiger partial charge in [0.2, 0.25) is 0 Å². The lowest BCUT2D eigenvalue weighted by Gasteiger charge is -2.34. The molecule has 4 nitrogen and oxygen atoms in total. The van der Waals surface area contributed by atoms with Crippen molar-refractivity contribution < 1.29 is 5.11 Å². The van der Waals surface area contributed by atoms with Crippen LogP contribution in [0, 0.1) is 13.8 Å². The number of allylic oxidation sites excluding steroid dienone is 2. The third-order valence-electron chi connectivity index (χ3n) is 4.19. The molecule has 0 saturated carbocycles. The fraction of sp³-hybridized carbons (Fsp3) is 0.562. The molecule has 0 bridgehead atoms. The Bertz CT molecular complexity index is 590. The topological polar surface area (TPSA) is 50.1 Å². The molecule has 3 rings (SSSR count). The zero-order chi connectivity index (χ0) is 15.6. The molecule has 1 unspecified atom stereocenters. The average molecular weight is 338 g/mol. The SMILES string of the molecule is Cc1nn(C2(CCO)C=CC=CN2)c(C)c1C1SCCCS1. The number of hydrogen-bond acceptors (Lipinski definition) is 5. The second-order valence-electron chi connectivity index (χ2n) is 5.68. The normalized spacial score (nSPS) is 25.4. The van der Waals surface area contributed by atoms with Gasteiger partial charge in [0.05, 0.1) is 10.3 Å². The molecule has 0 radical (unpaired) electrons. The highest BCUT2D eigenvalue weighted by molar-refractivity contribution is 8.16. The second-order valence-corrected chi connectivity index (χ2v) is 8.41. The summed E-state index contributed by atoms with van der Waals surface area (Å²) >= 11 is 4.05. The largest absolute Gasteiger partial charge is 0.396 e. The van der Waals surface area contributed by atoms with Crippen LogP contribution in [-0.4, -0.2) is 33.0 Å². The highest BCUT2D eigenvalue weighted by Crippen LogP contribution is 2.46. The summed E-state index contributed by atoms with van der Waals surface area (Å²) in [7, 11) is 0. The summed E-state index contributed by atoms with van der Waals surface area (Å²) in [6, 6.07) is 0. The van der Waals surface area contributed by atoms with Gasteiger partial charge >= 0.3 is 0 Å². The van der Waals surface area contributed by atoms with Gasteiger partial charge in [-0.15, -0.1) is 23.5 Å². The Morgan fingerprint density at radius 2 is 2.14 bits per heavy atom. The number of thioether (sulfide) groups is 2. The first-order chi connectivity index (χ1) is 10.7. The van der Waals surface area contributed by atoms with E-state index in [1.54, 1.807) is 0 Å². The maximum atomic E-state index is 9.51. The molecule has 3 heterocycles. The Morgan fingerprint density at radius 1 is 1.36 bits per heavy atom. The van der Waals surface area contributed by atoms with Gasteiger partial charge in [-0.3, -0.25) is 0 Å². The molecule has 0 spiro atoms. The molecule has 6 heteroatoms. The highest BCUT2D eigenvalue weighted by Gasteiger charge is 2.34. The van der Waals surface area contributed by atoms with Crippen LogP contribution in [0.15, 0.2) is 24.4 Å². The van der Waals surface area contributed by atoms with Gasteiger partial charge in [-0.2, -0.15) is 5.10 Å². The van der Waals surface area contributed by atoms with Gasteiger partial charge in [-0.1, -0.05) is 6.08 Å². The van der Waals surface area contributed by atoms with E-state index in [4.69, 9.17) is 5.10 Å². The molecular weight excluding hydrogens is 314 g/mol. The molecule has 0 amide bonds. The van der Waals surface area contributed by atoms with Gasteiger partial charge in [-0.25, -0.2) is 4.68 Å². The third kappa shape index (κ3) is 2.84. The standard InChI is InChI=1S/C16H23N3OS2/c1-12-14(15-21-10-5-11-22-15)13(2)19(18-12)16(7-9-20)6-3-4-8-17-16/h3-4,6,8,15,17,20H,5,7,9-11H2,1-2H3. The van der Waals surface area contributed by atoms with E-state index in [1.807, 2.05) is 41.9 Å². The van der Waals surface area contributed by atoms with Gasteiger partial charge in [0.1, 0.15) is 0 Å². The number of aliphatic hydroxyl groups is 1. The van der Waals surface area contributed by atoms with Crippen molar-refractivity contribution in [3.05, 3.63) is 41.4 Å². The Morgan fingerprint density at radius 3 is 2.77 bits per heavy atom. The van der Waals surface area contributed by atoms with E-state index >= 15 is 0 Å². The zero-order valence-electron chi connectivity index (χ0n) is 13.1. The number of aromatic nitrogens is 2. The van der Waals surface area contributed by atoms with Gasteiger partial charge < -0.3 is 10.4 Å². The van der Waals surface area contributed by atoms with E-state index in [2.05, 4.69) is 29.9 Å². The monoisotopic (exact) mass is 337 g/mol. The summed E-state index contributed by atoms with van der Waals surface area (Å²) < 4.78 is 2.54. The summed E-state index contributed by atoms with van der Waals surface area (Å²) in [4.78, 5) is 0. The number of rotatable bonds is 4. The smallest absolute Gasteiger partial charge is 0.152 e. The van der Waals surface area contributed by atoms with Crippen molar-refractivity contribution >= 4 is 23.5 Å². The predicted octanol–water partition coefficient (Wildman–Crippen LogP) is 3.08. The summed E-state index contributed by atoms with van der Waals surface area (Å²) in [6.07, 6.45) is 9.90. The van der Waals surface area contributed by atoms with Crippen LogP contribution in [0.3, 0.4) is 0 Å². The number of nitrogens with zero attached hydrogens (tertiary/aromatic N) is 2. The maximum Gasteiger partial charge on any atom is 0.152 e. The van der Waals surface area contributed by atoms with Crippen LogP contribution in [0.5, 0.6) is 0 Å². The molecule has 1 fully saturated rings. The van der Waals surface area contributed by atoms with Crippen LogP contribution in [0.4, 0.5) is 0 Å². The molecule has 22 heavy (non-hydrogen) atoms. The molecule has 1 aromatic rings. The zero-order valence-corrected chi connectivity index (χ0v) is 14.7. The van der Waals surface area contributed by atoms with E-state index < -0.39 is 5.66 Å². The predicted molar refractivity (Wildman–Crippen MR) is 95.1 cm³/mol. The first-order valence-electron chi connectivity index (χ1n) is 7.71. The minimum atomic E-state index is -0.458. The molecule has 0 aliphatic carbocycles. The lowest BCUT2D eigenvalue weighted by molar-refractivity contribution is 0.187. The van der Waals surface area contributed by atoms with Crippen LogP contribution < -0.4 is 5.32 Å². The van der Waals surface area contributed by atoms with Crippen molar-refractivity contribution in [2.45, 2.75) is 36.9 Å². The minimum absolute atomic E-state index is 0.117. The highest BCUT2D eigenvalue weighted by atomic mass is 32.2. The number of aliphatic hydroxyl groups excluding tert-OH is 1. The van der Waals surface area contributed by atoms with Crippen molar-refractivity contribution in [2.75, 3.05) is 18.1 Å². The Kier molecular flexibility index (Phi) is 4.90. The molecule has 2 N–H and O–H groups in total. The summed E-state index contributed by atoms with van der Waals surface area (Å²) in [5.41, 5.74) is 3.20. The molecule has 120 valence electrons. The number of nitrogens with one attached hydrogen (secondary N) is 1. The summed E-state index contributed by atoms with van der Waals surface area (Å²) in [5, 5.41) is 17.7.